The van der Waals surface area contributed by atoms with Gasteiger partial charge in [0.2, 0.25) is 5.91 Å². The molecule has 0 bridgehead atoms. The van der Waals surface area contributed by atoms with Gasteiger partial charge in [-0.25, -0.2) is 8.42 Å². The molecule has 1 aromatic heterocycles. The molecule has 0 spiro atoms. The lowest BCUT2D eigenvalue weighted by molar-refractivity contribution is -0.133. The van der Waals surface area contributed by atoms with E-state index in [4.69, 9.17) is 5.73 Å². The van der Waals surface area contributed by atoms with Crippen LogP contribution in [0, 0.1) is 12.8 Å². The number of likely N-dealkylation sites (tertiary alicyclic amines) is 1. The van der Waals surface area contributed by atoms with E-state index in [1.807, 2.05) is 6.92 Å². The van der Waals surface area contributed by atoms with Gasteiger partial charge in [0, 0.05) is 24.5 Å². The van der Waals surface area contributed by atoms with Crippen LogP contribution in [-0.2, 0) is 14.8 Å². The summed E-state index contributed by atoms with van der Waals surface area (Å²) in [5.74, 6) is 0.278. The topological polar surface area (TPSA) is 83.7 Å². The van der Waals surface area contributed by atoms with Gasteiger partial charge in [0.15, 0.2) is 0 Å². The van der Waals surface area contributed by atoms with E-state index in [-0.39, 0.29) is 18.3 Å². The molecule has 2 fully saturated rings. The van der Waals surface area contributed by atoms with Gasteiger partial charge in [-0.05, 0) is 50.8 Å². The van der Waals surface area contributed by atoms with Crippen molar-refractivity contribution in [3.05, 3.63) is 17.0 Å². The quantitative estimate of drug-likeness (QED) is 0.838. The molecule has 2 saturated heterocycles. The van der Waals surface area contributed by atoms with Crippen LogP contribution in [0.2, 0.25) is 0 Å². The van der Waals surface area contributed by atoms with Crippen LogP contribution < -0.4 is 5.73 Å². The van der Waals surface area contributed by atoms with Gasteiger partial charge in [0.1, 0.15) is 10.3 Å². The van der Waals surface area contributed by atoms with E-state index in [0.29, 0.717) is 42.7 Å². The lowest BCUT2D eigenvalue weighted by Gasteiger charge is -2.27. The van der Waals surface area contributed by atoms with Crippen LogP contribution in [0.4, 0.5) is 0 Å². The molecule has 2 N–H and O–H groups in total. The standard InChI is InChI=1S/C15H23N3O3S2.ClH/c1-11-4-5-14(22-11)23(20,21)18-7-2-3-13(18)15(19)17-8-6-12(9-16)10-17;/h4-5,12-13H,2-3,6-10,16H2,1H3;1H. The van der Waals surface area contributed by atoms with Crippen molar-refractivity contribution >= 4 is 39.7 Å². The van der Waals surface area contributed by atoms with E-state index >= 15 is 0 Å². The molecule has 9 heteroatoms. The molecule has 2 unspecified atom stereocenters. The summed E-state index contributed by atoms with van der Waals surface area (Å²) in [7, 11) is -3.58. The van der Waals surface area contributed by atoms with E-state index in [9.17, 15) is 13.2 Å². The lowest BCUT2D eigenvalue weighted by atomic mass is 10.1. The van der Waals surface area contributed by atoms with E-state index in [1.165, 1.54) is 15.6 Å². The molecule has 136 valence electrons. The predicted octanol–water partition coefficient (Wildman–Crippen LogP) is 1.44. The maximum absolute atomic E-state index is 12.8. The van der Waals surface area contributed by atoms with Gasteiger partial charge < -0.3 is 10.6 Å². The molecule has 0 aromatic carbocycles. The Hall–Kier alpha value is -0.670. The fourth-order valence-corrected chi connectivity index (χ4v) is 6.44. The number of amides is 1. The van der Waals surface area contributed by atoms with Gasteiger partial charge in [-0.15, -0.1) is 23.7 Å². The molecule has 2 aliphatic heterocycles. The van der Waals surface area contributed by atoms with E-state index in [2.05, 4.69) is 0 Å². The smallest absolute Gasteiger partial charge is 0.253 e. The molecule has 0 saturated carbocycles. The highest BCUT2D eigenvalue weighted by Gasteiger charge is 2.42. The first-order valence-corrected chi connectivity index (χ1v) is 10.3. The van der Waals surface area contributed by atoms with Crippen molar-refractivity contribution in [2.45, 2.75) is 36.4 Å². The minimum atomic E-state index is -3.58. The second-order valence-corrected chi connectivity index (χ2v) is 9.72. The number of rotatable bonds is 4. The second kappa shape index (κ2) is 7.70. The Bertz CT molecular complexity index is 692. The van der Waals surface area contributed by atoms with Crippen LogP contribution >= 0.6 is 23.7 Å². The van der Waals surface area contributed by atoms with Crippen molar-refractivity contribution in [3.8, 4) is 0 Å². The zero-order valence-corrected chi connectivity index (χ0v) is 16.1. The highest BCUT2D eigenvalue weighted by atomic mass is 35.5. The van der Waals surface area contributed by atoms with Crippen LogP contribution in [0.5, 0.6) is 0 Å². The predicted molar refractivity (Wildman–Crippen MR) is 97.0 cm³/mol. The Morgan fingerprint density at radius 2 is 2.08 bits per heavy atom. The average molecular weight is 394 g/mol. The highest BCUT2D eigenvalue weighted by molar-refractivity contribution is 7.91. The molecule has 2 aliphatic rings. The first-order chi connectivity index (χ1) is 10.9. The van der Waals surface area contributed by atoms with Gasteiger partial charge in [-0.2, -0.15) is 4.31 Å². The lowest BCUT2D eigenvalue weighted by Crippen LogP contribution is -2.47. The molecule has 24 heavy (non-hydrogen) atoms. The summed E-state index contributed by atoms with van der Waals surface area (Å²) in [5.41, 5.74) is 5.68. The minimum Gasteiger partial charge on any atom is -0.341 e. The Labute approximate surface area is 153 Å². The van der Waals surface area contributed by atoms with E-state index in [0.717, 1.165) is 17.7 Å². The summed E-state index contributed by atoms with van der Waals surface area (Å²) >= 11 is 1.26. The number of hydrogen-bond acceptors (Lipinski definition) is 5. The number of thiophene rings is 1. The van der Waals surface area contributed by atoms with Crippen molar-refractivity contribution in [2.75, 3.05) is 26.2 Å². The molecule has 3 heterocycles. The normalized spacial score (nSPS) is 25.0. The Kier molecular flexibility index (Phi) is 6.30. The van der Waals surface area contributed by atoms with Crippen LogP contribution in [0.1, 0.15) is 24.1 Å². The second-order valence-electron chi connectivity index (χ2n) is 6.31. The molecule has 1 aromatic rings. The number of aryl methyl sites for hydroxylation is 1. The van der Waals surface area contributed by atoms with Crippen molar-refractivity contribution in [1.82, 2.24) is 9.21 Å². The molecule has 6 nitrogen and oxygen atoms in total. The Morgan fingerprint density at radius 3 is 2.67 bits per heavy atom. The van der Waals surface area contributed by atoms with Gasteiger partial charge in [0.05, 0.1) is 0 Å². The summed E-state index contributed by atoms with van der Waals surface area (Å²) in [6, 6.07) is 2.88. The maximum atomic E-state index is 12.8. The maximum Gasteiger partial charge on any atom is 0.253 e. The van der Waals surface area contributed by atoms with Crippen LogP contribution in [0.25, 0.3) is 0 Å². The van der Waals surface area contributed by atoms with Crippen molar-refractivity contribution in [3.63, 3.8) is 0 Å². The van der Waals surface area contributed by atoms with Gasteiger partial charge in [-0.1, -0.05) is 0 Å². The van der Waals surface area contributed by atoms with Gasteiger partial charge in [-0.3, -0.25) is 4.79 Å². The van der Waals surface area contributed by atoms with Gasteiger partial charge >= 0.3 is 0 Å². The molecule has 2 atom stereocenters. The number of nitrogens with two attached hydrogens (primary N) is 1. The summed E-state index contributed by atoms with van der Waals surface area (Å²) in [6.45, 7) is 4.21. The molecule has 0 aliphatic carbocycles. The third kappa shape index (κ3) is 3.62. The summed E-state index contributed by atoms with van der Waals surface area (Å²) in [4.78, 5) is 15.5. The molecule has 3 rings (SSSR count). The number of carbonyl (C=O) groups is 1. The Balaban J connectivity index is 0.00000208. The van der Waals surface area contributed by atoms with Crippen molar-refractivity contribution in [1.29, 1.82) is 0 Å². The first kappa shape index (κ1) is 19.7. The van der Waals surface area contributed by atoms with Crippen LogP contribution in [-0.4, -0.2) is 55.8 Å². The number of carbonyl (C=O) groups excluding carboxylic acids is 1. The van der Waals surface area contributed by atoms with Crippen molar-refractivity contribution in [2.24, 2.45) is 11.7 Å². The summed E-state index contributed by atoms with van der Waals surface area (Å²) < 4.78 is 27.4. The van der Waals surface area contributed by atoms with Crippen LogP contribution in [0.3, 0.4) is 0 Å². The number of sulfonamides is 1. The largest absolute Gasteiger partial charge is 0.341 e. The fraction of sp³-hybridized carbons (Fsp3) is 0.667. The van der Waals surface area contributed by atoms with Crippen molar-refractivity contribution < 1.29 is 13.2 Å². The molecular weight excluding hydrogens is 370 g/mol. The monoisotopic (exact) mass is 393 g/mol. The average Bonchev–Trinajstić information content (AvgIpc) is 3.26. The fourth-order valence-electron chi connectivity index (χ4n) is 3.38. The highest BCUT2D eigenvalue weighted by Crippen LogP contribution is 2.31. The zero-order valence-electron chi connectivity index (χ0n) is 13.7. The third-order valence-corrected chi connectivity index (χ3v) is 8.07. The number of hydrogen-bond donors (Lipinski definition) is 1. The number of nitrogens with zero attached hydrogens (tertiary/aromatic N) is 2. The first-order valence-electron chi connectivity index (χ1n) is 8.00. The van der Waals surface area contributed by atoms with Crippen LogP contribution in [0.15, 0.2) is 16.3 Å². The number of halogens is 1. The molecule has 0 radical (unpaired) electrons. The Morgan fingerprint density at radius 1 is 1.33 bits per heavy atom. The molecule has 1 amide bonds. The van der Waals surface area contributed by atoms with E-state index < -0.39 is 16.1 Å². The SMILES string of the molecule is Cc1ccc(S(=O)(=O)N2CCCC2C(=O)N2CCC(CN)C2)s1.Cl. The summed E-state index contributed by atoms with van der Waals surface area (Å²) in [6.07, 6.45) is 2.24. The zero-order chi connectivity index (χ0) is 16.6. The summed E-state index contributed by atoms with van der Waals surface area (Å²) in [5, 5.41) is 0. The minimum absolute atomic E-state index is 0. The third-order valence-electron chi connectivity index (χ3n) is 4.70. The van der Waals surface area contributed by atoms with Gasteiger partial charge in [0.25, 0.3) is 10.0 Å². The molecular formula is C15H24ClN3O3S2. The van der Waals surface area contributed by atoms with E-state index in [1.54, 1.807) is 17.0 Å².